The molecule has 4 heteroatoms. The third-order valence-electron chi connectivity index (χ3n) is 4.11. The van der Waals surface area contributed by atoms with Crippen LogP contribution in [0, 0.1) is 5.92 Å². The monoisotopic (exact) mass is 243 g/mol. The molecule has 4 aliphatic rings. The highest BCUT2D eigenvalue weighted by molar-refractivity contribution is 7.16. The Morgan fingerprint density at radius 1 is 0.938 bits per heavy atom. The Kier molecular flexibility index (Phi) is 2.01. The average Bonchev–Trinajstić information content (AvgIpc) is 1.92. The van der Waals surface area contributed by atoms with Crippen molar-refractivity contribution >= 4 is 9.24 Å². The molecule has 4 rings (SSSR count). The van der Waals surface area contributed by atoms with Gasteiger partial charge in [-0.15, -0.1) is 9.24 Å². The fourth-order valence-electron chi connectivity index (χ4n) is 4.22. The minimum absolute atomic E-state index is 0.200. The van der Waals surface area contributed by atoms with E-state index >= 15 is 0 Å². The Hall–Kier alpha value is 0.310. The highest BCUT2D eigenvalue weighted by Gasteiger charge is 2.70. The molecule has 4 saturated heterocycles. The topological polar surface area (TPSA) is 27.7 Å². The lowest BCUT2D eigenvalue weighted by Crippen LogP contribution is -2.76. The molecule has 16 heavy (non-hydrogen) atoms. The molecule has 4 aliphatic heterocycles. The molecule has 0 saturated carbocycles. The molecular formula is C12H20O3P. The molecule has 3 nitrogen and oxygen atoms in total. The van der Waals surface area contributed by atoms with Crippen LogP contribution in [0.4, 0.5) is 0 Å². The lowest BCUT2D eigenvalue weighted by molar-refractivity contribution is -0.502. The first-order valence-corrected chi connectivity index (χ1v) is 6.72. The first-order chi connectivity index (χ1) is 7.23. The van der Waals surface area contributed by atoms with E-state index in [-0.39, 0.29) is 11.2 Å². The van der Waals surface area contributed by atoms with Crippen LogP contribution in [0.3, 0.4) is 0 Å². The SMILES string of the molecule is CC12CC3(C)OC(C)(CC(C)(O1)[C]3CP)O2. The summed E-state index contributed by atoms with van der Waals surface area (Å²) in [6, 6.07) is 0. The lowest BCUT2D eigenvalue weighted by atomic mass is 9.65. The highest BCUT2D eigenvalue weighted by atomic mass is 31.0. The van der Waals surface area contributed by atoms with Gasteiger partial charge in [-0.1, -0.05) is 0 Å². The van der Waals surface area contributed by atoms with E-state index in [9.17, 15) is 0 Å². The summed E-state index contributed by atoms with van der Waals surface area (Å²) in [6.07, 6.45) is 2.50. The van der Waals surface area contributed by atoms with Crippen molar-refractivity contribution in [2.45, 2.75) is 63.3 Å². The zero-order chi connectivity index (χ0) is 11.8. The van der Waals surface area contributed by atoms with E-state index in [1.807, 2.05) is 13.8 Å². The first kappa shape index (κ1) is 11.4. The maximum Gasteiger partial charge on any atom is 0.172 e. The first-order valence-electron chi connectivity index (χ1n) is 5.90. The molecule has 91 valence electrons. The van der Waals surface area contributed by atoms with E-state index in [1.54, 1.807) is 0 Å². The van der Waals surface area contributed by atoms with Crippen molar-refractivity contribution in [2.24, 2.45) is 0 Å². The van der Waals surface area contributed by atoms with Gasteiger partial charge in [-0.25, -0.2) is 0 Å². The van der Waals surface area contributed by atoms with Crippen molar-refractivity contribution in [1.29, 1.82) is 0 Å². The molecule has 4 fully saturated rings. The van der Waals surface area contributed by atoms with Crippen LogP contribution in [-0.4, -0.2) is 28.9 Å². The third kappa shape index (κ3) is 1.29. The van der Waals surface area contributed by atoms with Crippen LogP contribution in [0.15, 0.2) is 0 Å². The van der Waals surface area contributed by atoms with Crippen LogP contribution in [0.1, 0.15) is 40.5 Å². The number of rotatable bonds is 1. The Bertz CT molecular complexity index is 299. The predicted octanol–water partition coefficient (Wildman–Crippen LogP) is 2.26. The summed E-state index contributed by atoms with van der Waals surface area (Å²) < 4.78 is 18.3. The maximum absolute atomic E-state index is 6.18. The van der Waals surface area contributed by atoms with E-state index in [0.29, 0.717) is 0 Å². The molecule has 0 amide bonds. The van der Waals surface area contributed by atoms with Gasteiger partial charge in [-0.05, 0) is 33.9 Å². The summed E-state index contributed by atoms with van der Waals surface area (Å²) in [7, 11) is 2.80. The van der Waals surface area contributed by atoms with E-state index in [4.69, 9.17) is 14.2 Å². The molecule has 0 spiro atoms. The van der Waals surface area contributed by atoms with Gasteiger partial charge in [0, 0.05) is 18.8 Å². The molecule has 5 atom stereocenters. The van der Waals surface area contributed by atoms with Crippen LogP contribution in [0.5, 0.6) is 0 Å². The van der Waals surface area contributed by atoms with E-state index in [2.05, 4.69) is 23.1 Å². The Morgan fingerprint density at radius 3 is 1.75 bits per heavy atom. The zero-order valence-electron chi connectivity index (χ0n) is 10.4. The zero-order valence-corrected chi connectivity index (χ0v) is 11.6. The Labute approximate surface area is 99.4 Å². The van der Waals surface area contributed by atoms with Crippen molar-refractivity contribution in [3.8, 4) is 0 Å². The molecule has 0 N–H and O–H groups in total. The van der Waals surface area contributed by atoms with Gasteiger partial charge in [0.2, 0.25) is 0 Å². The van der Waals surface area contributed by atoms with Crippen molar-refractivity contribution < 1.29 is 14.2 Å². The summed E-state index contributed by atoms with van der Waals surface area (Å²) in [5.41, 5.74) is -0.399. The van der Waals surface area contributed by atoms with Crippen LogP contribution in [0.25, 0.3) is 0 Å². The van der Waals surface area contributed by atoms with Gasteiger partial charge in [0.05, 0.1) is 11.2 Å². The largest absolute Gasteiger partial charge is 0.343 e. The fraction of sp³-hybridized carbons (Fsp3) is 0.917. The number of hydrogen-bond donors (Lipinski definition) is 0. The molecule has 0 aromatic rings. The standard InChI is InChI=1S/C12H20O3P/c1-9-6-11(3)14-10(2,8(9)5-16)7-12(4,13-9)15-11/h5-7,16H2,1-4H3. The summed E-state index contributed by atoms with van der Waals surface area (Å²) in [5, 5.41) is 0. The van der Waals surface area contributed by atoms with Gasteiger partial charge in [-0.2, -0.15) is 0 Å². The molecule has 4 bridgehead atoms. The van der Waals surface area contributed by atoms with E-state index in [0.717, 1.165) is 19.0 Å². The molecule has 4 heterocycles. The molecule has 1 radical (unpaired) electrons. The number of ether oxygens (including phenoxy) is 3. The Morgan fingerprint density at radius 2 is 1.38 bits per heavy atom. The van der Waals surface area contributed by atoms with Crippen LogP contribution >= 0.6 is 9.24 Å². The lowest BCUT2D eigenvalue weighted by Gasteiger charge is -2.69. The van der Waals surface area contributed by atoms with Crippen molar-refractivity contribution in [1.82, 2.24) is 0 Å². The van der Waals surface area contributed by atoms with Crippen LogP contribution in [-0.2, 0) is 14.2 Å². The van der Waals surface area contributed by atoms with Crippen molar-refractivity contribution in [2.75, 3.05) is 6.16 Å². The van der Waals surface area contributed by atoms with E-state index in [1.165, 1.54) is 5.92 Å². The molecule has 0 aromatic heterocycles. The van der Waals surface area contributed by atoms with Gasteiger partial charge in [0.15, 0.2) is 11.6 Å². The second-order valence-corrected chi connectivity index (χ2v) is 6.48. The summed E-state index contributed by atoms with van der Waals surface area (Å²) in [5.74, 6) is 0.374. The molecule has 5 unspecified atom stereocenters. The second kappa shape index (κ2) is 2.83. The third-order valence-corrected chi connectivity index (χ3v) is 4.52. The van der Waals surface area contributed by atoms with Crippen molar-refractivity contribution in [3.63, 3.8) is 0 Å². The maximum atomic E-state index is 6.18. The quantitative estimate of drug-likeness (QED) is 0.661. The van der Waals surface area contributed by atoms with Gasteiger partial charge >= 0.3 is 0 Å². The number of hydrogen-bond acceptors (Lipinski definition) is 3. The summed E-state index contributed by atoms with van der Waals surface area (Å²) >= 11 is 0. The molecule has 0 aliphatic carbocycles. The summed E-state index contributed by atoms with van der Waals surface area (Å²) in [4.78, 5) is 0. The van der Waals surface area contributed by atoms with Gasteiger partial charge in [-0.3, -0.25) is 0 Å². The normalized spacial score (nSPS) is 60.6. The minimum Gasteiger partial charge on any atom is -0.343 e. The molecule has 0 aromatic carbocycles. The van der Waals surface area contributed by atoms with Gasteiger partial charge < -0.3 is 14.2 Å². The minimum atomic E-state index is -0.488. The van der Waals surface area contributed by atoms with Gasteiger partial charge in [0.25, 0.3) is 0 Å². The second-order valence-electron chi connectivity index (χ2n) is 6.07. The van der Waals surface area contributed by atoms with E-state index < -0.39 is 11.6 Å². The predicted molar refractivity (Wildman–Crippen MR) is 63.9 cm³/mol. The van der Waals surface area contributed by atoms with Crippen LogP contribution < -0.4 is 0 Å². The highest BCUT2D eigenvalue weighted by Crippen LogP contribution is 2.62. The summed E-state index contributed by atoms with van der Waals surface area (Å²) in [6.45, 7) is 8.41. The van der Waals surface area contributed by atoms with Crippen molar-refractivity contribution in [3.05, 3.63) is 5.92 Å². The average molecular weight is 243 g/mol. The fourth-order valence-corrected chi connectivity index (χ4v) is 5.08. The Balaban J connectivity index is 2.10. The molecular weight excluding hydrogens is 223 g/mol. The van der Waals surface area contributed by atoms with Gasteiger partial charge in [0.1, 0.15) is 0 Å². The smallest absolute Gasteiger partial charge is 0.172 e. The van der Waals surface area contributed by atoms with Crippen LogP contribution in [0.2, 0.25) is 0 Å².